The fourth-order valence-corrected chi connectivity index (χ4v) is 4.50. The topological polar surface area (TPSA) is 74.7 Å². The van der Waals surface area contributed by atoms with Gasteiger partial charge < -0.3 is 5.11 Å². The summed E-state index contributed by atoms with van der Waals surface area (Å²) in [6.45, 7) is 2.06. The smallest absolute Gasteiger partial charge is 0.338 e. The Hall–Kier alpha value is -1.47. The van der Waals surface area contributed by atoms with Gasteiger partial charge >= 0.3 is 5.97 Å². The number of benzene rings is 1. The maximum Gasteiger partial charge on any atom is 0.338 e. The van der Waals surface area contributed by atoms with Gasteiger partial charge in [0.05, 0.1) is 10.5 Å². The van der Waals surface area contributed by atoms with Gasteiger partial charge in [-0.25, -0.2) is 17.6 Å². The third kappa shape index (κ3) is 3.08. The minimum absolute atomic E-state index is 0.0571. The number of sulfonamides is 1. The van der Waals surface area contributed by atoms with Gasteiger partial charge in [0.2, 0.25) is 10.0 Å². The number of nitrogens with zero attached hydrogens (tertiary/aromatic N) is 1. The van der Waals surface area contributed by atoms with Crippen LogP contribution in [0.2, 0.25) is 0 Å². The van der Waals surface area contributed by atoms with Crippen LogP contribution in [0.25, 0.3) is 0 Å². The van der Waals surface area contributed by atoms with Crippen molar-refractivity contribution in [3.05, 3.63) is 29.6 Å². The van der Waals surface area contributed by atoms with E-state index in [9.17, 15) is 17.6 Å². The van der Waals surface area contributed by atoms with Crippen molar-refractivity contribution in [1.29, 1.82) is 0 Å². The molecule has 1 saturated carbocycles. The van der Waals surface area contributed by atoms with Crippen LogP contribution in [-0.2, 0) is 10.0 Å². The molecule has 1 aromatic rings. The SMILES string of the molecule is CCN(C1CCCC1)S(=O)(=O)c1ccc(F)c(C(=O)O)c1. The molecule has 0 aliphatic heterocycles. The van der Waals surface area contributed by atoms with Crippen molar-refractivity contribution in [2.45, 2.75) is 43.5 Å². The van der Waals surface area contributed by atoms with Gasteiger partial charge in [0.15, 0.2) is 0 Å². The van der Waals surface area contributed by atoms with Gasteiger partial charge in [-0.3, -0.25) is 0 Å². The molecular formula is C14H18FNO4S. The van der Waals surface area contributed by atoms with E-state index >= 15 is 0 Å². The summed E-state index contributed by atoms with van der Waals surface area (Å²) in [6.07, 6.45) is 3.58. The molecule has 0 heterocycles. The molecule has 2 rings (SSSR count). The Morgan fingerprint density at radius 3 is 2.52 bits per heavy atom. The van der Waals surface area contributed by atoms with Gasteiger partial charge in [-0.15, -0.1) is 0 Å². The number of hydrogen-bond donors (Lipinski definition) is 1. The maximum absolute atomic E-state index is 13.4. The summed E-state index contributed by atoms with van der Waals surface area (Å²) >= 11 is 0. The van der Waals surface area contributed by atoms with E-state index in [2.05, 4.69) is 0 Å². The van der Waals surface area contributed by atoms with Crippen molar-refractivity contribution in [2.24, 2.45) is 0 Å². The molecule has 7 heteroatoms. The van der Waals surface area contributed by atoms with Gasteiger partial charge in [-0.05, 0) is 31.0 Å². The molecule has 5 nitrogen and oxygen atoms in total. The lowest BCUT2D eigenvalue weighted by Gasteiger charge is -2.26. The van der Waals surface area contributed by atoms with Gasteiger partial charge in [0.25, 0.3) is 0 Å². The monoisotopic (exact) mass is 315 g/mol. The summed E-state index contributed by atoms with van der Waals surface area (Å²) in [5, 5.41) is 8.91. The summed E-state index contributed by atoms with van der Waals surface area (Å²) < 4.78 is 40.1. The second kappa shape index (κ2) is 6.11. The van der Waals surface area contributed by atoms with Gasteiger partial charge in [0.1, 0.15) is 5.82 Å². The number of carboxylic acids is 1. The van der Waals surface area contributed by atoms with Crippen molar-refractivity contribution in [1.82, 2.24) is 4.31 Å². The fraction of sp³-hybridized carbons (Fsp3) is 0.500. The molecule has 0 bridgehead atoms. The summed E-state index contributed by atoms with van der Waals surface area (Å²) in [4.78, 5) is 10.8. The highest BCUT2D eigenvalue weighted by Crippen LogP contribution is 2.29. The highest BCUT2D eigenvalue weighted by molar-refractivity contribution is 7.89. The van der Waals surface area contributed by atoms with Crippen LogP contribution in [0.1, 0.15) is 43.0 Å². The lowest BCUT2D eigenvalue weighted by atomic mass is 10.2. The molecule has 1 aliphatic rings. The van der Waals surface area contributed by atoms with Crippen LogP contribution < -0.4 is 0 Å². The zero-order chi connectivity index (χ0) is 15.6. The lowest BCUT2D eigenvalue weighted by Crippen LogP contribution is -2.38. The van der Waals surface area contributed by atoms with E-state index in [1.165, 1.54) is 4.31 Å². The molecule has 0 amide bonds. The molecule has 1 aromatic carbocycles. The molecular weight excluding hydrogens is 297 g/mol. The van der Waals surface area contributed by atoms with Crippen LogP contribution in [0.5, 0.6) is 0 Å². The Balaban J connectivity index is 2.42. The molecule has 21 heavy (non-hydrogen) atoms. The minimum Gasteiger partial charge on any atom is -0.478 e. The average molecular weight is 315 g/mol. The molecule has 0 saturated heterocycles. The van der Waals surface area contributed by atoms with E-state index < -0.39 is 27.4 Å². The number of hydrogen-bond acceptors (Lipinski definition) is 3. The van der Waals surface area contributed by atoms with Crippen molar-refractivity contribution in [3.63, 3.8) is 0 Å². The van der Waals surface area contributed by atoms with Crippen LogP contribution >= 0.6 is 0 Å². The van der Waals surface area contributed by atoms with Crippen molar-refractivity contribution in [2.75, 3.05) is 6.54 Å². The standard InChI is InChI=1S/C14H18FNO4S/c1-2-16(10-5-3-4-6-10)21(19,20)11-7-8-13(15)12(9-11)14(17)18/h7-10H,2-6H2,1H3,(H,17,18). The third-order valence-corrected chi connectivity index (χ3v) is 5.84. The van der Waals surface area contributed by atoms with Crippen LogP contribution in [-0.4, -0.2) is 36.4 Å². The number of carboxylic acid groups (broad SMARTS) is 1. The second-order valence-electron chi connectivity index (χ2n) is 5.09. The van der Waals surface area contributed by atoms with Crippen molar-refractivity contribution < 1.29 is 22.7 Å². The molecule has 1 fully saturated rings. The zero-order valence-electron chi connectivity index (χ0n) is 11.8. The first-order valence-corrected chi connectivity index (χ1v) is 8.36. The summed E-state index contributed by atoms with van der Waals surface area (Å²) in [5.74, 6) is -2.42. The Morgan fingerprint density at radius 1 is 1.38 bits per heavy atom. The van der Waals surface area contributed by atoms with Crippen LogP contribution in [0.3, 0.4) is 0 Å². The van der Waals surface area contributed by atoms with E-state index in [-0.39, 0.29) is 10.9 Å². The van der Waals surface area contributed by atoms with Crippen molar-refractivity contribution >= 4 is 16.0 Å². The predicted molar refractivity (Wildman–Crippen MR) is 75.2 cm³/mol. The lowest BCUT2D eigenvalue weighted by molar-refractivity contribution is 0.0691. The first kappa shape index (κ1) is 15.9. The number of halogens is 1. The zero-order valence-corrected chi connectivity index (χ0v) is 12.6. The average Bonchev–Trinajstić information content (AvgIpc) is 2.93. The highest BCUT2D eigenvalue weighted by Gasteiger charge is 2.32. The highest BCUT2D eigenvalue weighted by atomic mass is 32.2. The Morgan fingerprint density at radius 2 is 2.00 bits per heavy atom. The minimum atomic E-state index is -3.80. The van der Waals surface area contributed by atoms with E-state index in [4.69, 9.17) is 5.11 Å². The van der Waals surface area contributed by atoms with Gasteiger partial charge in [-0.2, -0.15) is 4.31 Å². The summed E-state index contributed by atoms with van der Waals surface area (Å²) in [6, 6.07) is 2.84. The van der Waals surface area contributed by atoms with Gasteiger partial charge in [0, 0.05) is 12.6 Å². The number of rotatable bonds is 5. The Bertz CT molecular complexity index is 638. The normalized spacial score (nSPS) is 16.5. The number of carbonyl (C=O) groups is 1. The van der Waals surface area contributed by atoms with E-state index in [0.29, 0.717) is 6.54 Å². The van der Waals surface area contributed by atoms with Crippen LogP contribution in [0.15, 0.2) is 23.1 Å². The Kier molecular flexibility index (Phi) is 4.63. The third-order valence-electron chi connectivity index (χ3n) is 3.82. The quantitative estimate of drug-likeness (QED) is 0.906. The van der Waals surface area contributed by atoms with E-state index in [1.807, 2.05) is 0 Å². The molecule has 1 aliphatic carbocycles. The summed E-state index contributed by atoms with van der Waals surface area (Å²) in [7, 11) is -3.80. The first-order chi connectivity index (χ1) is 9.87. The largest absolute Gasteiger partial charge is 0.478 e. The molecule has 0 atom stereocenters. The number of aromatic carboxylic acids is 1. The van der Waals surface area contributed by atoms with Crippen LogP contribution in [0, 0.1) is 5.82 Å². The molecule has 1 N–H and O–H groups in total. The molecule has 116 valence electrons. The Labute approximate surface area is 123 Å². The first-order valence-electron chi connectivity index (χ1n) is 6.92. The van der Waals surface area contributed by atoms with E-state index in [0.717, 1.165) is 43.9 Å². The molecule has 0 aromatic heterocycles. The van der Waals surface area contributed by atoms with Crippen molar-refractivity contribution in [3.8, 4) is 0 Å². The molecule has 0 radical (unpaired) electrons. The van der Waals surface area contributed by atoms with Crippen LogP contribution in [0.4, 0.5) is 4.39 Å². The molecule has 0 unspecified atom stereocenters. The second-order valence-corrected chi connectivity index (χ2v) is 6.98. The van der Waals surface area contributed by atoms with E-state index in [1.54, 1.807) is 6.92 Å². The molecule has 0 spiro atoms. The van der Waals surface area contributed by atoms with Gasteiger partial charge in [-0.1, -0.05) is 19.8 Å². The fourth-order valence-electron chi connectivity index (χ4n) is 2.78. The summed E-state index contributed by atoms with van der Waals surface area (Å²) in [5.41, 5.74) is -0.626. The predicted octanol–water partition coefficient (Wildman–Crippen LogP) is 2.48. The maximum atomic E-state index is 13.4.